The van der Waals surface area contributed by atoms with Crippen molar-refractivity contribution in [3.05, 3.63) is 42.1 Å². The summed E-state index contributed by atoms with van der Waals surface area (Å²) in [7, 11) is 2.08. The third kappa shape index (κ3) is 5.02. The molecule has 0 spiro atoms. The molecule has 2 saturated heterocycles. The first-order valence-electron chi connectivity index (χ1n) is 11.2. The zero-order valence-corrected chi connectivity index (χ0v) is 19.6. The number of morpholine rings is 1. The van der Waals surface area contributed by atoms with Crippen LogP contribution < -0.4 is 15.5 Å². The molecular weight excluding hydrogens is 438 g/mol. The number of rotatable bonds is 7. The number of ether oxygens (including phenoxy) is 1. The highest BCUT2D eigenvalue weighted by atomic mass is 32.1. The van der Waals surface area contributed by atoms with E-state index in [0.717, 1.165) is 66.9 Å². The van der Waals surface area contributed by atoms with Crippen LogP contribution in [0.4, 0.5) is 21.8 Å². The van der Waals surface area contributed by atoms with Crippen LogP contribution in [0.5, 0.6) is 0 Å². The van der Waals surface area contributed by atoms with Crippen LogP contribution in [-0.4, -0.2) is 84.7 Å². The van der Waals surface area contributed by atoms with Gasteiger partial charge in [-0.25, -0.2) is 9.97 Å². The van der Waals surface area contributed by atoms with Gasteiger partial charge in [-0.2, -0.15) is 0 Å². The lowest BCUT2D eigenvalue weighted by Gasteiger charge is -2.39. The number of likely N-dealkylation sites (tertiary alicyclic amines) is 1. The molecule has 9 nitrogen and oxygen atoms in total. The summed E-state index contributed by atoms with van der Waals surface area (Å²) in [5, 5.41) is 8.89. The lowest BCUT2D eigenvalue weighted by Crippen LogP contribution is -2.56. The summed E-state index contributed by atoms with van der Waals surface area (Å²) in [6.45, 7) is 9.97. The van der Waals surface area contributed by atoms with Crippen molar-refractivity contribution < 1.29 is 9.53 Å². The van der Waals surface area contributed by atoms with Gasteiger partial charge >= 0.3 is 0 Å². The van der Waals surface area contributed by atoms with Crippen molar-refractivity contribution in [1.29, 1.82) is 0 Å². The smallest absolute Gasteiger partial charge is 0.246 e. The second-order valence-corrected chi connectivity index (χ2v) is 9.52. The molecule has 3 aliphatic heterocycles. The molecule has 5 rings (SSSR count). The molecule has 0 saturated carbocycles. The maximum absolute atomic E-state index is 11.8. The number of likely N-dealkylation sites (N-methyl/N-ethyl adjacent to an activating group) is 1. The Morgan fingerprint density at radius 3 is 2.82 bits per heavy atom. The highest BCUT2D eigenvalue weighted by Crippen LogP contribution is 2.35. The van der Waals surface area contributed by atoms with Crippen molar-refractivity contribution in [2.45, 2.75) is 12.6 Å². The van der Waals surface area contributed by atoms with Gasteiger partial charge in [-0.1, -0.05) is 24.0 Å². The van der Waals surface area contributed by atoms with E-state index in [1.54, 1.807) is 16.2 Å². The molecule has 0 atom stereocenters. The van der Waals surface area contributed by atoms with Crippen LogP contribution in [0.25, 0.3) is 6.08 Å². The summed E-state index contributed by atoms with van der Waals surface area (Å²) in [6.07, 6.45) is 5.55. The minimum absolute atomic E-state index is 0.0313. The monoisotopic (exact) mass is 467 g/mol. The number of hydrogen-bond acceptors (Lipinski definition) is 9. The van der Waals surface area contributed by atoms with E-state index in [1.807, 2.05) is 0 Å². The third-order valence-corrected chi connectivity index (χ3v) is 7.09. The van der Waals surface area contributed by atoms with E-state index in [1.165, 1.54) is 11.6 Å². The quantitative estimate of drug-likeness (QED) is 0.601. The van der Waals surface area contributed by atoms with Crippen molar-refractivity contribution in [3.8, 4) is 0 Å². The average molecular weight is 468 g/mol. The molecule has 2 aromatic rings. The number of carbonyl (C=O) groups is 1. The summed E-state index contributed by atoms with van der Waals surface area (Å²) in [4.78, 5) is 27.7. The Kier molecular flexibility index (Phi) is 6.30. The fourth-order valence-corrected chi connectivity index (χ4v) is 5.13. The predicted octanol–water partition coefficient (Wildman–Crippen LogP) is 2.39. The number of amides is 1. The van der Waals surface area contributed by atoms with Gasteiger partial charge in [0, 0.05) is 46.3 Å². The van der Waals surface area contributed by atoms with Gasteiger partial charge < -0.3 is 25.2 Å². The maximum atomic E-state index is 11.8. The maximum Gasteiger partial charge on any atom is 0.246 e. The van der Waals surface area contributed by atoms with Gasteiger partial charge in [-0.05, 0) is 29.8 Å². The third-order valence-electron chi connectivity index (χ3n) is 5.99. The number of nitrogens with zero attached hydrogens (tertiary/aromatic N) is 5. The Balaban J connectivity index is 1.34. The lowest BCUT2D eigenvalue weighted by molar-refractivity contribution is -0.129. The van der Waals surface area contributed by atoms with Crippen LogP contribution in [0.3, 0.4) is 0 Å². The molecule has 5 heterocycles. The minimum atomic E-state index is -0.0313. The highest BCUT2D eigenvalue weighted by Gasteiger charge is 2.29. The molecule has 0 aliphatic carbocycles. The summed E-state index contributed by atoms with van der Waals surface area (Å²) < 4.78 is 5.49. The van der Waals surface area contributed by atoms with Crippen molar-refractivity contribution in [3.63, 3.8) is 0 Å². The minimum Gasteiger partial charge on any atom is -0.379 e. The topological polar surface area (TPSA) is 85.9 Å². The Morgan fingerprint density at radius 1 is 1.27 bits per heavy atom. The largest absolute Gasteiger partial charge is 0.379 e. The number of hydrogen-bond donors (Lipinski definition) is 2. The number of aromatic nitrogens is 2. The summed E-state index contributed by atoms with van der Waals surface area (Å²) in [5.74, 6) is 1.54. The van der Waals surface area contributed by atoms with Crippen LogP contribution in [0.2, 0.25) is 0 Å². The van der Waals surface area contributed by atoms with E-state index >= 15 is 0 Å². The van der Waals surface area contributed by atoms with Crippen LogP contribution in [0.15, 0.2) is 30.9 Å². The SMILES string of the molecule is C=CC(=O)N1CC(Nc2cc(CN3CCOCC3)cc(Nc3nc4c(s3)N(C)CC=C4)n2)C1. The molecule has 2 fully saturated rings. The predicted molar refractivity (Wildman–Crippen MR) is 132 cm³/mol. The lowest BCUT2D eigenvalue weighted by atomic mass is 10.1. The molecule has 174 valence electrons. The number of carbonyl (C=O) groups excluding carboxylic acids is 1. The van der Waals surface area contributed by atoms with Crippen LogP contribution in [-0.2, 0) is 16.1 Å². The van der Waals surface area contributed by atoms with E-state index in [2.05, 4.69) is 58.3 Å². The van der Waals surface area contributed by atoms with Crippen LogP contribution in [0, 0.1) is 0 Å². The number of anilines is 4. The molecule has 2 aromatic heterocycles. The first-order valence-corrected chi connectivity index (χ1v) is 12.0. The Morgan fingerprint density at radius 2 is 2.06 bits per heavy atom. The average Bonchev–Trinajstić information content (AvgIpc) is 3.20. The molecule has 1 amide bonds. The van der Waals surface area contributed by atoms with E-state index < -0.39 is 0 Å². The van der Waals surface area contributed by atoms with Gasteiger partial charge in [-0.3, -0.25) is 9.69 Å². The van der Waals surface area contributed by atoms with E-state index in [4.69, 9.17) is 14.7 Å². The molecular formula is C23H29N7O2S. The fourth-order valence-electron chi connectivity index (χ4n) is 4.20. The van der Waals surface area contributed by atoms with Crippen molar-refractivity contribution >= 4 is 45.1 Å². The Bertz CT molecular complexity index is 1060. The molecule has 33 heavy (non-hydrogen) atoms. The second kappa shape index (κ2) is 9.50. The summed E-state index contributed by atoms with van der Waals surface area (Å²) in [5.41, 5.74) is 2.16. The molecule has 0 bridgehead atoms. The molecule has 0 unspecified atom stereocenters. The van der Waals surface area contributed by atoms with Gasteiger partial charge in [0.2, 0.25) is 5.91 Å². The van der Waals surface area contributed by atoms with Crippen molar-refractivity contribution in [2.24, 2.45) is 0 Å². The van der Waals surface area contributed by atoms with Gasteiger partial charge in [0.15, 0.2) is 5.13 Å². The van der Waals surface area contributed by atoms with Gasteiger partial charge in [0.05, 0.1) is 24.9 Å². The standard InChI is InChI=1S/C23H29N7O2S/c1-3-21(31)30-14-17(15-30)24-19-11-16(13-29-7-9-32-10-8-29)12-20(26-19)27-23-25-18-5-4-6-28(2)22(18)33-23/h3-5,11-12,17H,1,6-10,13-15H2,2H3,(H2,24,25,26,27). The van der Waals surface area contributed by atoms with Crippen molar-refractivity contribution in [2.75, 3.05) is 68.5 Å². The van der Waals surface area contributed by atoms with Gasteiger partial charge in [0.1, 0.15) is 16.6 Å². The first kappa shape index (κ1) is 21.9. The van der Waals surface area contributed by atoms with Gasteiger partial charge in [0.25, 0.3) is 0 Å². The molecule has 2 N–H and O–H groups in total. The number of pyridine rings is 1. The molecule has 10 heteroatoms. The summed E-state index contributed by atoms with van der Waals surface area (Å²) >= 11 is 1.63. The van der Waals surface area contributed by atoms with E-state index in [0.29, 0.717) is 13.1 Å². The number of nitrogens with one attached hydrogen (secondary N) is 2. The van der Waals surface area contributed by atoms with Gasteiger partial charge in [-0.15, -0.1) is 0 Å². The number of fused-ring (bicyclic) bond motifs is 1. The fraction of sp³-hybridized carbons (Fsp3) is 0.435. The first-order chi connectivity index (χ1) is 16.1. The van der Waals surface area contributed by atoms with E-state index in [9.17, 15) is 4.79 Å². The summed E-state index contributed by atoms with van der Waals surface area (Å²) in [6, 6.07) is 4.37. The Hall–Kier alpha value is -2.95. The van der Waals surface area contributed by atoms with Crippen LogP contribution in [0.1, 0.15) is 11.3 Å². The molecule has 0 aromatic carbocycles. The number of thiazole rings is 1. The zero-order valence-electron chi connectivity index (χ0n) is 18.8. The Labute approximate surface area is 197 Å². The van der Waals surface area contributed by atoms with E-state index in [-0.39, 0.29) is 11.9 Å². The molecule has 3 aliphatic rings. The molecule has 0 radical (unpaired) electrons. The zero-order chi connectivity index (χ0) is 22.8. The van der Waals surface area contributed by atoms with Crippen molar-refractivity contribution in [1.82, 2.24) is 19.8 Å². The van der Waals surface area contributed by atoms with Crippen LogP contribution >= 0.6 is 11.3 Å². The highest BCUT2D eigenvalue weighted by molar-refractivity contribution is 7.19. The second-order valence-electron chi connectivity index (χ2n) is 8.54. The normalized spacial score (nSPS) is 18.6.